The standard InChI is InChI=1S/C18H12N2O2S/c21-17(15-8-4-10-22-15)19-13-6-3-5-12(11-13)18-20-14-7-1-2-9-16(14)23-18/h1-11H,(H,19,21). The number of anilines is 1. The number of carbonyl (C=O) groups is 1. The number of furan rings is 1. The molecule has 5 heteroatoms. The molecule has 112 valence electrons. The molecule has 0 saturated heterocycles. The van der Waals surface area contributed by atoms with Gasteiger partial charge in [-0.15, -0.1) is 11.3 Å². The van der Waals surface area contributed by atoms with Crippen LogP contribution in [0.1, 0.15) is 10.6 Å². The molecule has 0 aliphatic carbocycles. The van der Waals surface area contributed by atoms with Gasteiger partial charge < -0.3 is 9.73 Å². The number of amides is 1. The van der Waals surface area contributed by atoms with Crippen molar-refractivity contribution in [3.05, 3.63) is 72.7 Å². The van der Waals surface area contributed by atoms with Crippen LogP contribution in [0, 0.1) is 0 Å². The summed E-state index contributed by atoms with van der Waals surface area (Å²) in [6.45, 7) is 0. The van der Waals surface area contributed by atoms with Crippen LogP contribution in [0.4, 0.5) is 5.69 Å². The van der Waals surface area contributed by atoms with Crippen LogP contribution in [0.25, 0.3) is 20.8 Å². The zero-order chi connectivity index (χ0) is 15.6. The van der Waals surface area contributed by atoms with Crippen LogP contribution in [-0.4, -0.2) is 10.9 Å². The summed E-state index contributed by atoms with van der Waals surface area (Å²) < 4.78 is 6.25. The molecule has 0 aliphatic heterocycles. The third kappa shape index (κ3) is 2.74. The zero-order valence-electron chi connectivity index (χ0n) is 12.0. The molecule has 23 heavy (non-hydrogen) atoms. The molecule has 2 aromatic heterocycles. The minimum atomic E-state index is -0.267. The van der Waals surface area contributed by atoms with Gasteiger partial charge in [0.15, 0.2) is 5.76 Å². The quantitative estimate of drug-likeness (QED) is 0.589. The van der Waals surface area contributed by atoms with Gasteiger partial charge in [-0.25, -0.2) is 4.98 Å². The Kier molecular flexibility index (Phi) is 3.40. The fourth-order valence-corrected chi connectivity index (χ4v) is 3.29. The number of hydrogen-bond acceptors (Lipinski definition) is 4. The van der Waals surface area contributed by atoms with Crippen molar-refractivity contribution < 1.29 is 9.21 Å². The third-order valence-corrected chi connectivity index (χ3v) is 4.49. The van der Waals surface area contributed by atoms with Crippen LogP contribution in [0.15, 0.2) is 71.3 Å². The average molecular weight is 320 g/mol. The highest BCUT2D eigenvalue weighted by molar-refractivity contribution is 7.21. The Morgan fingerprint density at radius 2 is 1.96 bits per heavy atom. The maximum atomic E-state index is 12.0. The van der Waals surface area contributed by atoms with Crippen molar-refractivity contribution >= 4 is 33.1 Å². The van der Waals surface area contributed by atoms with Crippen molar-refractivity contribution in [2.24, 2.45) is 0 Å². The van der Waals surface area contributed by atoms with Crippen molar-refractivity contribution in [3.63, 3.8) is 0 Å². The first kappa shape index (κ1) is 13.7. The number of aromatic nitrogens is 1. The highest BCUT2D eigenvalue weighted by Gasteiger charge is 2.10. The smallest absolute Gasteiger partial charge is 0.291 e. The van der Waals surface area contributed by atoms with Crippen LogP contribution < -0.4 is 5.32 Å². The highest BCUT2D eigenvalue weighted by Crippen LogP contribution is 2.31. The average Bonchev–Trinajstić information content (AvgIpc) is 3.24. The zero-order valence-corrected chi connectivity index (χ0v) is 12.8. The molecule has 2 heterocycles. The summed E-state index contributed by atoms with van der Waals surface area (Å²) >= 11 is 1.63. The van der Waals surface area contributed by atoms with Crippen LogP contribution >= 0.6 is 11.3 Å². The number of nitrogens with one attached hydrogen (secondary N) is 1. The normalized spacial score (nSPS) is 10.8. The van der Waals surface area contributed by atoms with Crippen LogP contribution in [0.5, 0.6) is 0 Å². The van der Waals surface area contributed by atoms with Gasteiger partial charge in [0.25, 0.3) is 5.91 Å². The van der Waals surface area contributed by atoms with E-state index in [1.807, 2.05) is 42.5 Å². The second-order valence-electron chi connectivity index (χ2n) is 5.00. The van der Waals surface area contributed by atoms with Crippen LogP contribution in [0.2, 0.25) is 0 Å². The molecule has 1 N–H and O–H groups in total. The van der Waals surface area contributed by atoms with Gasteiger partial charge in [-0.3, -0.25) is 4.79 Å². The summed E-state index contributed by atoms with van der Waals surface area (Å²) in [4.78, 5) is 16.7. The molecule has 0 aliphatic rings. The summed E-state index contributed by atoms with van der Waals surface area (Å²) in [6.07, 6.45) is 1.48. The number of nitrogens with zero attached hydrogens (tertiary/aromatic N) is 1. The Bertz CT molecular complexity index is 941. The Balaban J connectivity index is 1.64. The number of rotatable bonds is 3. The SMILES string of the molecule is O=C(Nc1cccc(-c2nc3ccccc3s2)c1)c1ccco1. The van der Waals surface area contributed by atoms with Gasteiger partial charge in [-0.05, 0) is 36.4 Å². The molecular weight excluding hydrogens is 308 g/mol. The molecule has 0 spiro atoms. The van der Waals surface area contributed by atoms with Gasteiger partial charge in [-0.2, -0.15) is 0 Å². The van der Waals surface area contributed by atoms with Gasteiger partial charge in [0.05, 0.1) is 16.5 Å². The molecule has 0 atom stereocenters. The monoisotopic (exact) mass is 320 g/mol. The molecule has 4 aromatic rings. The lowest BCUT2D eigenvalue weighted by Gasteiger charge is -2.04. The van der Waals surface area contributed by atoms with Crippen molar-refractivity contribution in [3.8, 4) is 10.6 Å². The summed E-state index contributed by atoms with van der Waals surface area (Å²) in [5.74, 6) is 0.0202. The number of hydrogen-bond donors (Lipinski definition) is 1. The third-order valence-electron chi connectivity index (χ3n) is 3.41. The van der Waals surface area contributed by atoms with E-state index in [0.717, 1.165) is 20.8 Å². The number of benzene rings is 2. The fraction of sp³-hybridized carbons (Fsp3) is 0. The van der Waals surface area contributed by atoms with E-state index in [4.69, 9.17) is 4.42 Å². The lowest BCUT2D eigenvalue weighted by atomic mass is 10.2. The van der Waals surface area contributed by atoms with Gasteiger partial charge in [-0.1, -0.05) is 24.3 Å². The summed E-state index contributed by atoms with van der Waals surface area (Å²) in [7, 11) is 0. The lowest BCUT2D eigenvalue weighted by Crippen LogP contribution is -2.10. The van der Waals surface area contributed by atoms with Crippen LogP contribution in [0.3, 0.4) is 0 Å². The molecule has 0 radical (unpaired) electrons. The molecular formula is C18H12N2O2S. The maximum absolute atomic E-state index is 12.0. The first-order chi connectivity index (χ1) is 11.3. The van der Waals surface area contributed by atoms with E-state index in [9.17, 15) is 4.79 Å². The van der Waals surface area contributed by atoms with E-state index in [1.54, 1.807) is 23.5 Å². The molecule has 4 rings (SSSR count). The fourth-order valence-electron chi connectivity index (χ4n) is 2.33. The summed E-state index contributed by atoms with van der Waals surface area (Å²) in [5, 5.41) is 3.76. The summed E-state index contributed by atoms with van der Waals surface area (Å²) in [5.41, 5.74) is 2.67. The van der Waals surface area contributed by atoms with E-state index in [1.165, 1.54) is 6.26 Å². The van der Waals surface area contributed by atoms with E-state index >= 15 is 0 Å². The second-order valence-corrected chi connectivity index (χ2v) is 6.03. The van der Waals surface area contributed by atoms with Crippen LogP contribution in [-0.2, 0) is 0 Å². The number of carbonyl (C=O) groups excluding carboxylic acids is 1. The van der Waals surface area contributed by atoms with Crippen molar-refractivity contribution in [1.82, 2.24) is 4.98 Å². The number of thiazole rings is 1. The molecule has 0 saturated carbocycles. The Morgan fingerprint density at radius 1 is 1.04 bits per heavy atom. The largest absolute Gasteiger partial charge is 0.459 e. The molecule has 1 amide bonds. The predicted molar refractivity (Wildman–Crippen MR) is 91.7 cm³/mol. The van der Waals surface area contributed by atoms with E-state index in [0.29, 0.717) is 5.69 Å². The molecule has 0 fully saturated rings. The Labute approximate surface area is 136 Å². The number of para-hydroxylation sites is 1. The van der Waals surface area contributed by atoms with Gasteiger partial charge in [0.2, 0.25) is 0 Å². The first-order valence-electron chi connectivity index (χ1n) is 7.10. The topological polar surface area (TPSA) is 55.1 Å². The molecule has 2 aromatic carbocycles. The van der Waals surface area contributed by atoms with Gasteiger partial charge in [0.1, 0.15) is 5.01 Å². The van der Waals surface area contributed by atoms with E-state index in [-0.39, 0.29) is 11.7 Å². The van der Waals surface area contributed by atoms with Crippen molar-refractivity contribution in [2.45, 2.75) is 0 Å². The van der Waals surface area contributed by atoms with Crippen molar-refractivity contribution in [2.75, 3.05) is 5.32 Å². The first-order valence-corrected chi connectivity index (χ1v) is 7.92. The summed E-state index contributed by atoms with van der Waals surface area (Å²) in [6, 6.07) is 19.0. The van der Waals surface area contributed by atoms with Gasteiger partial charge >= 0.3 is 0 Å². The minimum absolute atomic E-state index is 0.267. The lowest BCUT2D eigenvalue weighted by molar-refractivity contribution is 0.0996. The number of fused-ring (bicyclic) bond motifs is 1. The maximum Gasteiger partial charge on any atom is 0.291 e. The van der Waals surface area contributed by atoms with Crippen molar-refractivity contribution in [1.29, 1.82) is 0 Å². The Morgan fingerprint density at radius 3 is 2.78 bits per heavy atom. The molecule has 4 nitrogen and oxygen atoms in total. The molecule has 0 bridgehead atoms. The molecule has 0 unspecified atom stereocenters. The Hall–Kier alpha value is -2.92. The second kappa shape index (κ2) is 5.70. The van der Waals surface area contributed by atoms with E-state index < -0.39 is 0 Å². The van der Waals surface area contributed by atoms with Gasteiger partial charge in [0, 0.05) is 11.3 Å². The minimum Gasteiger partial charge on any atom is -0.459 e. The predicted octanol–water partition coefficient (Wildman–Crippen LogP) is 4.81. The highest BCUT2D eigenvalue weighted by atomic mass is 32.1. The van der Waals surface area contributed by atoms with E-state index in [2.05, 4.69) is 16.4 Å².